The van der Waals surface area contributed by atoms with E-state index < -0.39 is 0 Å². The molecule has 96 valence electrons. The van der Waals surface area contributed by atoms with E-state index in [1.165, 1.54) is 0 Å². The normalized spacial score (nSPS) is 11.8. The number of rotatable bonds is 3. The fraction of sp³-hybridized carbons (Fsp3) is 0.400. The lowest BCUT2D eigenvalue weighted by atomic mass is 9.91. The molecule has 18 heavy (non-hydrogen) atoms. The molecule has 1 heterocycles. The number of hydrogen-bond acceptors (Lipinski definition) is 3. The maximum Gasteiger partial charge on any atom is 0.176 e. The van der Waals surface area contributed by atoms with Crippen LogP contribution in [0.3, 0.4) is 0 Å². The highest BCUT2D eigenvalue weighted by Crippen LogP contribution is 2.33. The van der Waals surface area contributed by atoms with Crippen molar-refractivity contribution in [1.82, 2.24) is 0 Å². The molecule has 0 aliphatic carbocycles. The Morgan fingerprint density at radius 1 is 1.33 bits per heavy atom. The summed E-state index contributed by atoms with van der Waals surface area (Å²) in [5, 5.41) is 0.823. The van der Waals surface area contributed by atoms with Gasteiger partial charge in [0.25, 0.3) is 0 Å². The van der Waals surface area contributed by atoms with Crippen molar-refractivity contribution in [3.05, 3.63) is 29.5 Å². The van der Waals surface area contributed by atoms with Crippen LogP contribution in [-0.2, 0) is 6.42 Å². The van der Waals surface area contributed by atoms with Gasteiger partial charge in [-0.2, -0.15) is 0 Å². The summed E-state index contributed by atoms with van der Waals surface area (Å²) in [6, 6.07) is 5.45. The van der Waals surface area contributed by atoms with Crippen LogP contribution in [0, 0.1) is 5.41 Å². The number of benzene rings is 1. The molecule has 0 aliphatic heterocycles. The lowest BCUT2D eigenvalue weighted by molar-refractivity contribution is 0.112. The van der Waals surface area contributed by atoms with Gasteiger partial charge in [-0.25, -0.2) is 0 Å². The van der Waals surface area contributed by atoms with Gasteiger partial charge in [-0.15, -0.1) is 0 Å². The summed E-state index contributed by atoms with van der Waals surface area (Å²) in [5.74, 6) is 1.54. The van der Waals surface area contributed by atoms with E-state index in [1.54, 1.807) is 19.2 Å². The number of aldehydes is 1. The first-order chi connectivity index (χ1) is 8.44. The van der Waals surface area contributed by atoms with Crippen LogP contribution in [0.1, 0.15) is 36.9 Å². The van der Waals surface area contributed by atoms with Crippen LogP contribution >= 0.6 is 0 Å². The second kappa shape index (κ2) is 4.48. The van der Waals surface area contributed by atoms with Crippen molar-refractivity contribution in [3.63, 3.8) is 0 Å². The van der Waals surface area contributed by atoms with Gasteiger partial charge in [0.05, 0.1) is 7.11 Å². The highest BCUT2D eigenvalue weighted by molar-refractivity contribution is 5.98. The minimum absolute atomic E-state index is 0.141. The van der Waals surface area contributed by atoms with E-state index in [-0.39, 0.29) is 5.41 Å². The molecule has 0 radical (unpaired) electrons. The summed E-state index contributed by atoms with van der Waals surface area (Å²) in [4.78, 5) is 11.0. The molecule has 1 aromatic carbocycles. The summed E-state index contributed by atoms with van der Waals surface area (Å²) in [5.41, 5.74) is 1.43. The smallest absolute Gasteiger partial charge is 0.176 e. The first kappa shape index (κ1) is 12.7. The maximum absolute atomic E-state index is 11.0. The van der Waals surface area contributed by atoms with Gasteiger partial charge in [-0.1, -0.05) is 20.8 Å². The number of fused-ring (bicyclic) bond motifs is 1. The average Bonchev–Trinajstić information content (AvgIpc) is 2.68. The largest absolute Gasteiger partial charge is 0.493 e. The molecule has 3 nitrogen and oxygen atoms in total. The lowest BCUT2D eigenvalue weighted by Crippen LogP contribution is -2.08. The van der Waals surface area contributed by atoms with Gasteiger partial charge in [0, 0.05) is 17.4 Å². The van der Waals surface area contributed by atoms with Crippen LogP contribution in [0.5, 0.6) is 5.75 Å². The Labute approximate surface area is 107 Å². The molecule has 2 aromatic rings. The summed E-state index contributed by atoms with van der Waals surface area (Å²) < 4.78 is 11.1. The second-order valence-electron chi connectivity index (χ2n) is 5.67. The topological polar surface area (TPSA) is 39.4 Å². The number of carbonyl (C=O) groups excluding carboxylic acids is 1. The predicted molar refractivity (Wildman–Crippen MR) is 71.3 cm³/mol. The molecule has 1 aromatic heterocycles. The van der Waals surface area contributed by atoms with E-state index in [1.807, 2.05) is 6.07 Å². The van der Waals surface area contributed by atoms with E-state index in [9.17, 15) is 4.79 Å². The van der Waals surface area contributed by atoms with Gasteiger partial charge in [0.2, 0.25) is 0 Å². The van der Waals surface area contributed by atoms with Crippen LogP contribution in [0.2, 0.25) is 0 Å². The third kappa shape index (κ3) is 2.40. The third-order valence-electron chi connectivity index (χ3n) is 2.78. The fourth-order valence-electron chi connectivity index (χ4n) is 2.04. The minimum atomic E-state index is 0.141. The summed E-state index contributed by atoms with van der Waals surface area (Å²) >= 11 is 0. The molecule has 0 saturated heterocycles. The first-order valence-electron chi connectivity index (χ1n) is 5.99. The third-order valence-corrected chi connectivity index (χ3v) is 2.78. The van der Waals surface area contributed by atoms with Gasteiger partial charge in [0.1, 0.15) is 5.76 Å². The van der Waals surface area contributed by atoms with Crippen molar-refractivity contribution in [2.45, 2.75) is 27.2 Å². The molecule has 0 bridgehead atoms. The van der Waals surface area contributed by atoms with Crippen molar-refractivity contribution >= 4 is 17.3 Å². The van der Waals surface area contributed by atoms with Crippen LogP contribution in [0.15, 0.2) is 22.6 Å². The van der Waals surface area contributed by atoms with Crippen molar-refractivity contribution < 1.29 is 13.9 Å². The number of methoxy groups -OCH3 is 1. The molecule has 0 fully saturated rings. The minimum Gasteiger partial charge on any atom is -0.493 e. The van der Waals surface area contributed by atoms with Crippen LogP contribution < -0.4 is 4.74 Å². The van der Waals surface area contributed by atoms with Gasteiger partial charge in [-0.3, -0.25) is 4.79 Å². The van der Waals surface area contributed by atoms with E-state index in [0.29, 0.717) is 16.9 Å². The maximum atomic E-state index is 11.0. The molecule has 0 amide bonds. The molecule has 0 atom stereocenters. The van der Waals surface area contributed by atoms with Crippen LogP contribution in [0.25, 0.3) is 11.0 Å². The van der Waals surface area contributed by atoms with E-state index >= 15 is 0 Å². The molecule has 0 aliphatic rings. The van der Waals surface area contributed by atoms with Gasteiger partial charge in [0.15, 0.2) is 17.6 Å². The highest BCUT2D eigenvalue weighted by atomic mass is 16.5. The molecule has 3 heteroatoms. The fourth-order valence-corrected chi connectivity index (χ4v) is 2.04. The Balaban J connectivity index is 2.57. The zero-order valence-electron chi connectivity index (χ0n) is 11.2. The predicted octanol–water partition coefficient (Wildman–Crippen LogP) is 3.84. The summed E-state index contributed by atoms with van der Waals surface area (Å²) in [7, 11) is 1.60. The Morgan fingerprint density at radius 2 is 2.06 bits per heavy atom. The lowest BCUT2D eigenvalue weighted by Gasteiger charge is -2.15. The number of furan rings is 1. The van der Waals surface area contributed by atoms with Gasteiger partial charge >= 0.3 is 0 Å². The Bertz CT molecular complexity index is 573. The van der Waals surface area contributed by atoms with E-state index in [2.05, 4.69) is 20.8 Å². The molecule has 2 rings (SSSR count). The van der Waals surface area contributed by atoms with Gasteiger partial charge < -0.3 is 9.15 Å². The molecular weight excluding hydrogens is 228 g/mol. The summed E-state index contributed by atoms with van der Waals surface area (Å²) in [6.07, 6.45) is 1.67. The number of ether oxygens (including phenoxy) is 1. The number of hydrogen-bond donors (Lipinski definition) is 0. The van der Waals surface area contributed by atoms with Crippen molar-refractivity contribution in [2.75, 3.05) is 7.11 Å². The van der Waals surface area contributed by atoms with Crippen LogP contribution in [0.4, 0.5) is 0 Å². The van der Waals surface area contributed by atoms with Crippen molar-refractivity contribution in [3.8, 4) is 5.75 Å². The van der Waals surface area contributed by atoms with Crippen molar-refractivity contribution in [2.24, 2.45) is 5.41 Å². The standard InChI is InChI=1S/C15H18O3/c1-15(2,3)8-11-7-12-10(9-16)5-6-13(17-4)14(12)18-11/h5-7,9H,8H2,1-4H3. The van der Waals surface area contributed by atoms with Crippen molar-refractivity contribution in [1.29, 1.82) is 0 Å². The first-order valence-corrected chi connectivity index (χ1v) is 5.99. The van der Waals surface area contributed by atoms with Crippen LogP contribution in [-0.4, -0.2) is 13.4 Å². The summed E-state index contributed by atoms with van der Waals surface area (Å²) in [6.45, 7) is 6.45. The number of carbonyl (C=O) groups is 1. The molecule has 0 saturated carbocycles. The SMILES string of the molecule is COc1ccc(C=O)c2cc(CC(C)(C)C)oc12. The quantitative estimate of drug-likeness (QED) is 0.772. The zero-order chi connectivity index (χ0) is 13.3. The average molecular weight is 246 g/mol. The molecule has 0 spiro atoms. The highest BCUT2D eigenvalue weighted by Gasteiger charge is 2.17. The molecule has 0 unspecified atom stereocenters. The molecule has 0 N–H and O–H groups in total. The second-order valence-corrected chi connectivity index (χ2v) is 5.67. The van der Waals surface area contributed by atoms with E-state index in [4.69, 9.17) is 9.15 Å². The monoisotopic (exact) mass is 246 g/mol. The zero-order valence-corrected chi connectivity index (χ0v) is 11.2. The Morgan fingerprint density at radius 3 is 2.61 bits per heavy atom. The molecular formula is C15H18O3. The van der Waals surface area contributed by atoms with Gasteiger partial charge in [-0.05, 0) is 23.6 Å². The Hall–Kier alpha value is -1.77. The van der Waals surface area contributed by atoms with E-state index in [0.717, 1.165) is 23.9 Å². The Kier molecular flexibility index (Phi) is 3.16.